The van der Waals surface area contributed by atoms with Crippen LogP contribution in [0.1, 0.15) is 18.1 Å². The molecule has 0 aliphatic carbocycles. The Kier molecular flexibility index (Phi) is 9.89. The van der Waals surface area contributed by atoms with Crippen molar-refractivity contribution in [3.63, 3.8) is 0 Å². The van der Waals surface area contributed by atoms with Gasteiger partial charge in [-0.2, -0.15) is 5.10 Å². The first-order valence-corrected chi connectivity index (χ1v) is 13.3. The second-order valence-corrected chi connectivity index (χ2v) is 9.92. The molecule has 3 aromatic rings. The zero-order valence-electron chi connectivity index (χ0n) is 21.6. The number of hydrogen-bond donors (Lipinski definition) is 1. The summed E-state index contributed by atoms with van der Waals surface area (Å²) in [6, 6.07) is 18.1. The van der Waals surface area contributed by atoms with E-state index in [4.69, 9.17) is 14.2 Å². The Balaban J connectivity index is 1.80. The molecule has 3 rings (SSSR count). The molecule has 1 N–H and O–H groups in total. The van der Waals surface area contributed by atoms with Gasteiger partial charge in [0.05, 0.1) is 30.5 Å². The zero-order chi connectivity index (χ0) is 27.5. The van der Waals surface area contributed by atoms with Crippen LogP contribution < -0.4 is 23.9 Å². The number of amides is 1. The standard InChI is InChI=1S/C28H31N3O6S/c1-5-17-37-26-16-9-22(18-27(26)35-4)19-29-30-28(32)20-31(23-10-12-24(13-11-23)36-6-2)38(33,34)25-14-7-21(3)8-15-25/h5,7-16,18-19H,1,6,17,20H2,2-4H3,(H,30,32)/b29-19-. The van der Waals surface area contributed by atoms with Crippen molar-refractivity contribution >= 4 is 27.8 Å². The van der Waals surface area contributed by atoms with Crippen LogP contribution in [0.15, 0.2) is 89.4 Å². The zero-order valence-corrected chi connectivity index (χ0v) is 22.4. The van der Waals surface area contributed by atoms with E-state index in [0.717, 1.165) is 9.87 Å². The molecular formula is C28H31N3O6S. The fourth-order valence-electron chi connectivity index (χ4n) is 3.40. The van der Waals surface area contributed by atoms with E-state index in [2.05, 4.69) is 17.1 Å². The SMILES string of the molecule is C=CCOc1ccc(/C=N\NC(=O)CN(c2ccc(OCC)cc2)S(=O)(=O)c2ccc(C)cc2)cc1OC. The highest BCUT2D eigenvalue weighted by atomic mass is 32.2. The van der Waals surface area contributed by atoms with Crippen LogP contribution in [0.25, 0.3) is 0 Å². The van der Waals surface area contributed by atoms with Gasteiger partial charge in [-0.3, -0.25) is 9.10 Å². The molecule has 0 aromatic heterocycles. The molecule has 0 radical (unpaired) electrons. The minimum atomic E-state index is -4.05. The van der Waals surface area contributed by atoms with E-state index in [1.54, 1.807) is 60.7 Å². The number of rotatable bonds is 13. The minimum Gasteiger partial charge on any atom is -0.494 e. The van der Waals surface area contributed by atoms with E-state index in [9.17, 15) is 13.2 Å². The van der Waals surface area contributed by atoms with Crippen molar-refractivity contribution in [2.24, 2.45) is 5.10 Å². The topological polar surface area (TPSA) is 107 Å². The van der Waals surface area contributed by atoms with Gasteiger partial charge in [0.15, 0.2) is 11.5 Å². The van der Waals surface area contributed by atoms with Crippen molar-refractivity contribution in [2.75, 3.05) is 31.2 Å². The van der Waals surface area contributed by atoms with Crippen LogP contribution in [-0.4, -0.2) is 47.4 Å². The molecule has 38 heavy (non-hydrogen) atoms. The van der Waals surface area contributed by atoms with Crippen molar-refractivity contribution in [3.05, 3.63) is 90.5 Å². The average molecular weight is 538 g/mol. The fraction of sp³-hybridized carbons (Fsp3) is 0.214. The van der Waals surface area contributed by atoms with E-state index in [0.29, 0.717) is 41.7 Å². The van der Waals surface area contributed by atoms with Crippen molar-refractivity contribution in [3.8, 4) is 17.2 Å². The van der Waals surface area contributed by atoms with E-state index in [-0.39, 0.29) is 4.90 Å². The Morgan fingerprint density at radius 3 is 2.37 bits per heavy atom. The van der Waals surface area contributed by atoms with Crippen molar-refractivity contribution in [1.29, 1.82) is 0 Å². The van der Waals surface area contributed by atoms with Gasteiger partial charge in [0.25, 0.3) is 15.9 Å². The molecule has 10 heteroatoms. The normalized spacial score (nSPS) is 11.1. The number of hydrazone groups is 1. The van der Waals surface area contributed by atoms with Gasteiger partial charge >= 0.3 is 0 Å². The number of anilines is 1. The maximum Gasteiger partial charge on any atom is 0.264 e. The summed E-state index contributed by atoms with van der Waals surface area (Å²) in [5.41, 5.74) is 4.27. The van der Waals surface area contributed by atoms with Gasteiger partial charge in [0.1, 0.15) is 18.9 Å². The number of methoxy groups -OCH3 is 1. The van der Waals surface area contributed by atoms with Crippen LogP contribution in [0.5, 0.6) is 17.2 Å². The quantitative estimate of drug-likeness (QED) is 0.198. The molecule has 0 fully saturated rings. The number of sulfonamides is 1. The molecule has 0 heterocycles. The Hall–Kier alpha value is -4.31. The first-order chi connectivity index (χ1) is 18.3. The van der Waals surface area contributed by atoms with Crippen LogP contribution in [0.3, 0.4) is 0 Å². The molecule has 9 nitrogen and oxygen atoms in total. The van der Waals surface area contributed by atoms with Gasteiger partial charge in [-0.15, -0.1) is 0 Å². The van der Waals surface area contributed by atoms with Crippen LogP contribution in [0.2, 0.25) is 0 Å². The van der Waals surface area contributed by atoms with Crippen LogP contribution in [0.4, 0.5) is 5.69 Å². The second-order valence-electron chi connectivity index (χ2n) is 8.05. The molecule has 0 unspecified atom stereocenters. The highest BCUT2D eigenvalue weighted by Gasteiger charge is 2.27. The first kappa shape index (κ1) is 28.3. The second kappa shape index (κ2) is 13.3. The third-order valence-electron chi connectivity index (χ3n) is 5.28. The van der Waals surface area contributed by atoms with Gasteiger partial charge in [-0.1, -0.05) is 30.4 Å². The smallest absolute Gasteiger partial charge is 0.264 e. The Morgan fingerprint density at radius 1 is 1.03 bits per heavy atom. The van der Waals surface area contributed by atoms with E-state index in [1.807, 2.05) is 13.8 Å². The van der Waals surface area contributed by atoms with Crippen LogP contribution >= 0.6 is 0 Å². The molecule has 1 amide bonds. The Labute approximate surface area is 223 Å². The number of carbonyl (C=O) groups excluding carboxylic acids is 1. The van der Waals surface area contributed by atoms with Gasteiger partial charge < -0.3 is 14.2 Å². The molecule has 0 aliphatic rings. The predicted molar refractivity (Wildman–Crippen MR) is 148 cm³/mol. The first-order valence-electron chi connectivity index (χ1n) is 11.8. The summed E-state index contributed by atoms with van der Waals surface area (Å²) in [6.45, 7) is 7.65. The summed E-state index contributed by atoms with van der Waals surface area (Å²) in [6.07, 6.45) is 3.05. The molecule has 0 atom stereocenters. The lowest BCUT2D eigenvalue weighted by Gasteiger charge is -2.24. The van der Waals surface area contributed by atoms with Crippen molar-refractivity contribution < 1.29 is 27.4 Å². The fourth-order valence-corrected chi connectivity index (χ4v) is 4.83. The maximum atomic E-state index is 13.5. The van der Waals surface area contributed by atoms with Gasteiger partial charge in [-0.25, -0.2) is 13.8 Å². The number of nitrogens with one attached hydrogen (secondary N) is 1. The van der Waals surface area contributed by atoms with E-state index >= 15 is 0 Å². The average Bonchev–Trinajstić information content (AvgIpc) is 2.91. The number of aryl methyl sites for hydroxylation is 1. The molecule has 0 spiro atoms. The van der Waals surface area contributed by atoms with Gasteiger partial charge in [-0.05, 0) is 74.0 Å². The van der Waals surface area contributed by atoms with E-state index < -0.39 is 22.5 Å². The van der Waals surface area contributed by atoms with Gasteiger partial charge in [0, 0.05) is 0 Å². The molecule has 0 bridgehead atoms. The number of nitrogens with zero attached hydrogens (tertiary/aromatic N) is 2. The highest BCUT2D eigenvalue weighted by molar-refractivity contribution is 7.92. The minimum absolute atomic E-state index is 0.0687. The van der Waals surface area contributed by atoms with Gasteiger partial charge in [0.2, 0.25) is 0 Å². The monoisotopic (exact) mass is 537 g/mol. The molecular weight excluding hydrogens is 506 g/mol. The molecule has 3 aromatic carbocycles. The summed E-state index contributed by atoms with van der Waals surface area (Å²) in [7, 11) is -2.53. The summed E-state index contributed by atoms with van der Waals surface area (Å²) in [5, 5.41) is 3.98. The van der Waals surface area contributed by atoms with Crippen LogP contribution in [-0.2, 0) is 14.8 Å². The number of carbonyl (C=O) groups is 1. The lowest BCUT2D eigenvalue weighted by molar-refractivity contribution is -0.119. The largest absolute Gasteiger partial charge is 0.494 e. The third kappa shape index (κ3) is 7.36. The maximum absolute atomic E-state index is 13.5. The summed E-state index contributed by atoms with van der Waals surface area (Å²) in [4.78, 5) is 12.9. The lowest BCUT2D eigenvalue weighted by atomic mass is 10.2. The lowest BCUT2D eigenvalue weighted by Crippen LogP contribution is -2.39. The van der Waals surface area contributed by atoms with E-state index in [1.165, 1.54) is 25.5 Å². The predicted octanol–water partition coefficient (Wildman–Crippen LogP) is 4.31. The molecule has 200 valence electrons. The Bertz CT molecular complexity index is 1370. The van der Waals surface area contributed by atoms with Crippen LogP contribution in [0, 0.1) is 6.92 Å². The number of ether oxygens (including phenoxy) is 3. The molecule has 0 aliphatic heterocycles. The number of hydrogen-bond acceptors (Lipinski definition) is 7. The molecule has 0 saturated carbocycles. The summed E-state index contributed by atoms with van der Waals surface area (Å²) in [5.74, 6) is 1.01. The number of benzene rings is 3. The summed E-state index contributed by atoms with van der Waals surface area (Å²) < 4.78 is 44.4. The Morgan fingerprint density at radius 2 is 1.74 bits per heavy atom. The third-order valence-corrected chi connectivity index (χ3v) is 7.07. The molecule has 0 saturated heterocycles. The highest BCUT2D eigenvalue weighted by Crippen LogP contribution is 2.28. The summed E-state index contributed by atoms with van der Waals surface area (Å²) >= 11 is 0. The van der Waals surface area contributed by atoms with Crippen molar-refractivity contribution in [2.45, 2.75) is 18.7 Å². The van der Waals surface area contributed by atoms with Crippen molar-refractivity contribution in [1.82, 2.24) is 5.43 Å².